The van der Waals surface area contributed by atoms with Gasteiger partial charge in [-0.05, 0) is 58.3 Å². The summed E-state index contributed by atoms with van der Waals surface area (Å²) in [6.07, 6.45) is 5.35. The van der Waals surface area contributed by atoms with Gasteiger partial charge in [-0.3, -0.25) is 4.79 Å². The number of carbonyl (C=O) groups excluding carboxylic acids is 1. The molecular formula is C21H32N2O5. The van der Waals surface area contributed by atoms with Crippen LogP contribution in [0.1, 0.15) is 69.3 Å². The highest BCUT2D eigenvalue weighted by molar-refractivity contribution is 5.92. The smallest absolute Gasteiger partial charge is 0.275 e. The number of aryl methyl sites for hydroxylation is 1. The third kappa shape index (κ3) is 3.48. The number of aromatic nitrogens is 1. The SMILES string of the molecule is Cc1nc(C(=O)N2CCC3(CC2)CO[C@@H]([C@@]2(C)CC[C@H](O)C(C)(C)O2)C3)co1. The summed E-state index contributed by atoms with van der Waals surface area (Å²) in [7, 11) is 0. The summed E-state index contributed by atoms with van der Waals surface area (Å²) in [5, 5.41) is 10.2. The highest BCUT2D eigenvalue weighted by Gasteiger charge is 2.53. The van der Waals surface area contributed by atoms with Gasteiger partial charge in [-0.15, -0.1) is 0 Å². The van der Waals surface area contributed by atoms with Crippen molar-refractivity contribution < 1.29 is 23.8 Å². The lowest BCUT2D eigenvalue weighted by Gasteiger charge is -2.48. The van der Waals surface area contributed by atoms with Crippen molar-refractivity contribution in [3.8, 4) is 0 Å². The largest absolute Gasteiger partial charge is 0.448 e. The minimum atomic E-state index is -0.558. The van der Waals surface area contributed by atoms with Crippen LogP contribution in [0.15, 0.2) is 10.7 Å². The third-order valence-electron chi connectivity index (χ3n) is 7.05. The van der Waals surface area contributed by atoms with Gasteiger partial charge >= 0.3 is 0 Å². The number of ether oxygens (including phenoxy) is 2. The van der Waals surface area contributed by atoms with E-state index in [4.69, 9.17) is 13.9 Å². The van der Waals surface area contributed by atoms with E-state index in [1.807, 2.05) is 18.7 Å². The van der Waals surface area contributed by atoms with E-state index >= 15 is 0 Å². The summed E-state index contributed by atoms with van der Waals surface area (Å²) in [6, 6.07) is 0. The molecule has 3 atom stereocenters. The molecule has 7 heteroatoms. The summed E-state index contributed by atoms with van der Waals surface area (Å²) < 4.78 is 17.8. The summed E-state index contributed by atoms with van der Waals surface area (Å²) in [5.74, 6) is 0.457. The van der Waals surface area contributed by atoms with Crippen molar-refractivity contribution in [2.75, 3.05) is 19.7 Å². The van der Waals surface area contributed by atoms with Gasteiger partial charge in [0, 0.05) is 20.0 Å². The van der Waals surface area contributed by atoms with Crippen LogP contribution in [-0.4, -0.2) is 64.0 Å². The fourth-order valence-corrected chi connectivity index (χ4v) is 5.05. The zero-order chi connectivity index (χ0) is 20.2. The molecule has 28 heavy (non-hydrogen) atoms. The molecule has 0 bridgehead atoms. The van der Waals surface area contributed by atoms with Crippen LogP contribution in [-0.2, 0) is 9.47 Å². The Bertz CT molecular complexity index is 737. The third-order valence-corrected chi connectivity index (χ3v) is 7.05. The second-order valence-electron chi connectivity index (χ2n) is 9.62. The van der Waals surface area contributed by atoms with Crippen LogP contribution in [0.3, 0.4) is 0 Å². The van der Waals surface area contributed by atoms with Crippen molar-refractivity contribution in [2.45, 2.75) is 83.2 Å². The number of aliphatic hydroxyl groups is 1. The predicted octanol–water partition coefficient (Wildman–Crippen LogP) is 2.70. The molecule has 1 aromatic rings. The fraction of sp³-hybridized carbons (Fsp3) is 0.810. The summed E-state index contributed by atoms with van der Waals surface area (Å²) in [6.45, 7) is 9.91. The van der Waals surface area contributed by atoms with Gasteiger partial charge in [0.15, 0.2) is 11.6 Å². The van der Waals surface area contributed by atoms with Crippen LogP contribution in [0.5, 0.6) is 0 Å². The average Bonchev–Trinajstić information content (AvgIpc) is 3.26. The van der Waals surface area contributed by atoms with Crippen LogP contribution in [0.4, 0.5) is 0 Å². The van der Waals surface area contributed by atoms with Gasteiger partial charge in [-0.1, -0.05) is 0 Å². The molecule has 1 N–H and O–H groups in total. The molecule has 0 aromatic carbocycles. The molecule has 3 aliphatic rings. The Labute approximate surface area is 166 Å². The average molecular weight is 392 g/mol. The van der Waals surface area contributed by atoms with Gasteiger partial charge in [0.2, 0.25) is 0 Å². The van der Waals surface area contributed by atoms with Crippen molar-refractivity contribution in [2.24, 2.45) is 5.41 Å². The lowest BCUT2D eigenvalue weighted by Crippen LogP contribution is -2.56. The van der Waals surface area contributed by atoms with E-state index in [1.165, 1.54) is 6.26 Å². The maximum absolute atomic E-state index is 12.6. The number of oxazole rings is 1. The van der Waals surface area contributed by atoms with E-state index in [9.17, 15) is 9.90 Å². The highest BCUT2D eigenvalue weighted by atomic mass is 16.6. The van der Waals surface area contributed by atoms with E-state index in [0.717, 1.165) is 32.1 Å². The number of hydrogen-bond donors (Lipinski definition) is 1. The van der Waals surface area contributed by atoms with Gasteiger partial charge in [0.1, 0.15) is 6.26 Å². The molecule has 1 amide bonds. The van der Waals surface area contributed by atoms with E-state index in [2.05, 4.69) is 11.9 Å². The topological polar surface area (TPSA) is 85.0 Å². The van der Waals surface area contributed by atoms with E-state index in [1.54, 1.807) is 6.92 Å². The molecule has 1 aromatic heterocycles. The molecule has 3 fully saturated rings. The first-order valence-corrected chi connectivity index (χ1v) is 10.3. The van der Waals surface area contributed by atoms with Gasteiger partial charge in [0.25, 0.3) is 5.91 Å². The van der Waals surface area contributed by atoms with Crippen molar-refractivity contribution >= 4 is 5.91 Å². The number of aliphatic hydroxyl groups excluding tert-OH is 1. The number of amides is 1. The molecule has 3 saturated heterocycles. The standard InChI is InChI=1S/C21H32N2O5/c1-14-22-15(12-26-14)18(25)23-9-7-21(8-10-23)11-17(27-13-21)20(4)6-5-16(24)19(2,3)28-20/h12,16-17,24H,5-11,13H2,1-4H3/t16-,17+,20+/m0/s1. The minimum absolute atomic E-state index is 0.0275. The maximum Gasteiger partial charge on any atom is 0.275 e. The zero-order valence-electron chi connectivity index (χ0n) is 17.4. The Morgan fingerprint density at radius 1 is 1.25 bits per heavy atom. The van der Waals surface area contributed by atoms with E-state index in [0.29, 0.717) is 31.3 Å². The second-order valence-corrected chi connectivity index (χ2v) is 9.62. The van der Waals surface area contributed by atoms with Crippen LogP contribution >= 0.6 is 0 Å². The molecule has 0 aliphatic carbocycles. The van der Waals surface area contributed by atoms with Crippen LogP contribution < -0.4 is 0 Å². The Morgan fingerprint density at radius 3 is 2.57 bits per heavy atom. The number of carbonyl (C=O) groups is 1. The number of piperidine rings is 1. The summed E-state index contributed by atoms with van der Waals surface area (Å²) in [4.78, 5) is 18.6. The first-order valence-electron chi connectivity index (χ1n) is 10.3. The number of hydrogen-bond acceptors (Lipinski definition) is 6. The molecule has 156 valence electrons. The molecule has 1 spiro atoms. The lowest BCUT2D eigenvalue weighted by molar-refractivity contribution is -0.245. The molecule has 0 saturated carbocycles. The van der Waals surface area contributed by atoms with E-state index in [-0.39, 0.29) is 23.0 Å². The van der Waals surface area contributed by atoms with Gasteiger partial charge in [-0.25, -0.2) is 4.98 Å². The second kappa shape index (κ2) is 6.82. The lowest BCUT2D eigenvalue weighted by atomic mass is 9.73. The normalized spacial score (nSPS) is 34.7. The zero-order valence-corrected chi connectivity index (χ0v) is 17.4. The molecule has 0 radical (unpaired) electrons. The Morgan fingerprint density at radius 2 is 1.96 bits per heavy atom. The molecular weight excluding hydrogens is 360 g/mol. The van der Waals surface area contributed by atoms with Crippen molar-refractivity contribution in [3.63, 3.8) is 0 Å². The monoisotopic (exact) mass is 392 g/mol. The van der Waals surface area contributed by atoms with Crippen LogP contribution in [0, 0.1) is 12.3 Å². The molecule has 4 heterocycles. The van der Waals surface area contributed by atoms with Crippen LogP contribution in [0.25, 0.3) is 0 Å². The van der Waals surface area contributed by atoms with Gasteiger partial charge < -0.3 is 23.9 Å². The molecule has 3 aliphatic heterocycles. The first kappa shape index (κ1) is 19.9. The number of likely N-dealkylation sites (tertiary alicyclic amines) is 1. The molecule has 7 nitrogen and oxygen atoms in total. The predicted molar refractivity (Wildman–Crippen MR) is 102 cm³/mol. The van der Waals surface area contributed by atoms with Crippen molar-refractivity contribution in [3.05, 3.63) is 17.8 Å². The quantitative estimate of drug-likeness (QED) is 0.833. The molecule has 0 unspecified atom stereocenters. The Hall–Kier alpha value is -1.44. The van der Waals surface area contributed by atoms with Gasteiger partial charge in [0.05, 0.1) is 30.0 Å². The van der Waals surface area contributed by atoms with Crippen molar-refractivity contribution in [1.29, 1.82) is 0 Å². The fourth-order valence-electron chi connectivity index (χ4n) is 5.05. The summed E-state index contributed by atoms with van der Waals surface area (Å²) >= 11 is 0. The minimum Gasteiger partial charge on any atom is -0.448 e. The Balaban J connectivity index is 1.38. The van der Waals surface area contributed by atoms with Gasteiger partial charge in [-0.2, -0.15) is 0 Å². The van der Waals surface area contributed by atoms with Crippen molar-refractivity contribution in [1.82, 2.24) is 9.88 Å². The van der Waals surface area contributed by atoms with Crippen LogP contribution in [0.2, 0.25) is 0 Å². The Kier molecular flexibility index (Phi) is 4.83. The van der Waals surface area contributed by atoms with E-state index < -0.39 is 11.7 Å². The maximum atomic E-state index is 12.6. The summed E-state index contributed by atoms with van der Waals surface area (Å²) in [5.41, 5.74) is -0.444. The first-order chi connectivity index (χ1) is 13.1. The highest BCUT2D eigenvalue weighted by Crippen LogP contribution is 2.49. The number of nitrogens with zero attached hydrogens (tertiary/aromatic N) is 2. The number of rotatable bonds is 2. The molecule has 4 rings (SSSR count).